The van der Waals surface area contributed by atoms with Crippen molar-refractivity contribution in [3.63, 3.8) is 0 Å². The molecule has 1 aliphatic heterocycles. The maximum absolute atomic E-state index is 12.6. The molecule has 9 heteroatoms. The Morgan fingerprint density at radius 3 is 2.22 bits per heavy atom. The number of nitrogens with two attached hydrogens (primary N) is 1. The molecule has 0 unspecified atom stereocenters. The van der Waals surface area contributed by atoms with E-state index in [2.05, 4.69) is 0 Å². The van der Waals surface area contributed by atoms with Crippen molar-refractivity contribution >= 4 is 39.1 Å². The number of hydrogen-bond donors (Lipinski definition) is 1. The van der Waals surface area contributed by atoms with Crippen LogP contribution in [-0.4, -0.2) is 55.2 Å². The van der Waals surface area contributed by atoms with E-state index in [0.717, 1.165) is 0 Å². The summed E-state index contributed by atoms with van der Waals surface area (Å²) in [4.78, 5) is 13.9. The summed E-state index contributed by atoms with van der Waals surface area (Å²) in [5.41, 5.74) is 5.20. The minimum atomic E-state index is -3.65. The van der Waals surface area contributed by atoms with Crippen LogP contribution >= 0.6 is 23.2 Å². The van der Waals surface area contributed by atoms with Gasteiger partial charge in [-0.15, -0.1) is 0 Å². The molecular weight excluding hydrogens is 361 g/mol. The van der Waals surface area contributed by atoms with Crippen LogP contribution in [-0.2, 0) is 14.8 Å². The summed E-state index contributed by atoms with van der Waals surface area (Å²) >= 11 is 11.7. The molecular formula is C14H17Cl2N3O3S. The molecule has 0 aromatic heterocycles. The Kier molecular flexibility index (Phi) is 4.35. The summed E-state index contributed by atoms with van der Waals surface area (Å²) < 4.78 is 26.6. The molecule has 0 spiro atoms. The lowest BCUT2D eigenvalue weighted by Crippen LogP contribution is -2.55. The van der Waals surface area contributed by atoms with E-state index < -0.39 is 15.6 Å². The van der Waals surface area contributed by atoms with Gasteiger partial charge in [-0.1, -0.05) is 23.2 Å². The van der Waals surface area contributed by atoms with Crippen molar-refractivity contribution in [1.82, 2.24) is 9.21 Å². The molecule has 2 fully saturated rings. The molecule has 6 nitrogen and oxygen atoms in total. The lowest BCUT2D eigenvalue weighted by atomic mass is 10.2. The Labute approximate surface area is 145 Å². The van der Waals surface area contributed by atoms with E-state index in [1.807, 2.05) is 0 Å². The number of piperazine rings is 1. The Bertz CT molecular complexity index is 742. The monoisotopic (exact) mass is 377 g/mol. The van der Waals surface area contributed by atoms with E-state index >= 15 is 0 Å². The highest BCUT2D eigenvalue weighted by Gasteiger charge is 2.48. The van der Waals surface area contributed by atoms with Crippen LogP contribution in [0.25, 0.3) is 0 Å². The summed E-state index contributed by atoms with van der Waals surface area (Å²) in [5.74, 6) is -0.0796. The minimum absolute atomic E-state index is 0.0796. The minimum Gasteiger partial charge on any atom is -0.338 e. The number of benzene rings is 1. The Morgan fingerprint density at radius 2 is 1.70 bits per heavy atom. The number of halogens is 2. The van der Waals surface area contributed by atoms with Crippen molar-refractivity contribution in [2.75, 3.05) is 26.2 Å². The van der Waals surface area contributed by atoms with Crippen molar-refractivity contribution in [2.45, 2.75) is 23.3 Å². The molecule has 2 N–H and O–H groups in total. The number of rotatable bonds is 3. The molecule has 2 aliphatic rings. The smallest absolute Gasteiger partial charge is 0.243 e. The molecule has 1 amide bonds. The fourth-order valence-electron chi connectivity index (χ4n) is 2.58. The van der Waals surface area contributed by atoms with Crippen molar-refractivity contribution in [3.05, 3.63) is 28.2 Å². The summed E-state index contributed by atoms with van der Waals surface area (Å²) in [6.45, 7) is 1.17. The number of amides is 1. The molecule has 3 rings (SSSR count). The van der Waals surface area contributed by atoms with Crippen LogP contribution in [0.4, 0.5) is 0 Å². The molecule has 23 heavy (non-hydrogen) atoms. The van der Waals surface area contributed by atoms with Gasteiger partial charge in [-0.05, 0) is 31.0 Å². The van der Waals surface area contributed by atoms with Crippen LogP contribution in [0.1, 0.15) is 12.8 Å². The van der Waals surface area contributed by atoms with Gasteiger partial charge in [0.25, 0.3) is 0 Å². The quantitative estimate of drug-likeness (QED) is 0.860. The van der Waals surface area contributed by atoms with Crippen molar-refractivity contribution in [2.24, 2.45) is 5.73 Å². The predicted molar refractivity (Wildman–Crippen MR) is 88.0 cm³/mol. The first-order valence-corrected chi connectivity index (χ1v) is 9.47. The summed E-state index contributed by atoms with van der Waals surface area (Å²) in [5, 5.41) is 0.499. The molecule has 126 valence electrons. The number of hydrogen-bond acceptors (Lipinski definition) is 4. The number of sulfonamides is 1. The first-order valence-electron chi connectivity index (χ1n) is 7.27. The standard InChI is InChI=1S/C14H17Cl2N3O3S/c15-11-2-1-10(9-12(11)16)23(21,22)19-7-5-18(6-8-19)13(20)14(17)3-4-14/h1-2,9H,3-8,17H2. The van der Waals surface area contributed by atoms with Crippen LogP contribution in [0, 0.1) is 0 Å². The highest BCUT2D eigenvalue weighted by Crippen LogP contribution is 2.34. The van der Waals surface area contributed by atoms with E-state index in [0.29, 0.717) is 31.0 Å². The maximum Gasteiger partial charge on any atom is 0.243 e. The zero-order chi connectivity index (χ0) is 16.8. The molecule has 0 bridgehead atoms. The van der Waals surface area contributed by atoms with Crippen LogP contribution in [0.15, 0.2) is 23.1 Å². The van der Waals surface area contributed by atoms with E-state index in [1.54, 1.807) is 4.90 Å². The normalized spacial score (nSPS) is 21.3. The van der Waals surface area contributed by atoms with E-state index in [4.69, 9.17) is 28.9 Å². The fourth-order valence-corrected chi connectivity index (χ4v) is 4.39. The van der Waals surface area contributed by atoms with Gasteiger partial charge >= 0.3 is 0 Å². The van der Waals surface area contributed by atoms with Gasteiger partial charge in [-0.3, -0.25) is 4.79 Å². The third-order valence-electron chi connectivity index (χ3n) is 4.27. The first-order chi connectivity index (χ1) is 10.7. The number of carbonyl (C=O) groups is 1. The summed E-state index contributed by atoms with van der Waals surface area (Å²) in [6.07, 6.45) is 1.40. The summed E-state index contributed by atoms with van der Waals surface area (Å²) in [6, 6.07) is 4.23. The molecule has 1 saturated carbocycles. The molecule has 1 aromatic rings. The van der Waals surface area contributed by atoms with Crippen molar-refractivity contribution in [3.8, 4) is 0 Å². The average molecular weight is 378 g/mol. The van der Waals surface area contributed by atoms with Gasteiger partial charge in [0.1, 0.15) is 0 Å². The second-order valence-corrected chi connectivity index (χ2v) is 8.68. The zero-order valence-electron chi connectivity index (χ0n) is 12.3. The third-order valence-corrected chi connectivity index (χ3v) is 6.90. The third kappa shape index (κ3) is 3.21. The van der Waals surface area contributed by atoms with E-state index in [1.165, 1.54) is 22.5 Å². The van der Waals surface area contributed by atoms with Crippen LogP contribution < -0.4 is 5.73 Å². The van der Waals surface area contributed by atoms with Gasteiger partial charge in [0.2, 0.25) is 15.9 Å². The predicted octanol–water partition coefficient (Wildman–Crippen LogP) is 1.32. The highest BCUT2D eigenvalue weighted by molar-refractivity contribution is 7.89. The van der Waals surface area contributed by atoms with Gasteiger partial charge in [0, 0.05) is 26.2 Å². The van der Waals surface area contributed by atoms with Gasteiger partial charge in [-0.25, -0.2) is 8.42 Å². The largest absolute Gasteiger partial charge is 0.338 e. The Balaban J connectivity index is 1.71. The molecule has 1 saturated heterocycles. The van der Waals surface area contributed by atoms with Crippen molar-refractivity contribution < 1.29 is 13.2 Å². The number of nitrogens with zero attached hydrogens (tertiary/aromatic N) is 2. The van der Waals surface area contributed by atoms with E-state index in [9.17, 15) is 13.2 Å². The zero-order valence-corrected chi connectivity index (χ0v) is 14.7. The SMILES string of the molecule is NC1(C(=O)N2CCN(S(=O)(=O)c3ccc(Cl)c(Cl)c3)CC2)CC1. The van der Waals surface area contributed by atoms with Crippen LogP contribution in [0.3, 0.4) is 0 Å². The topological polar surface area (TPSA) is 83.7 Å². The molecule has 0 radical (unpaired) electrons. The second-order valence-electron chi connectivity index (χ2n) is 5.93. The van der Waals surface area contributed by atoms with E-state index in [-0.39, 0.29) is 28.9 Å². The molecule has 1 heterocycles. The molecule has 0 atom stereocenters. The van der Waals surface area contributed by atoms with Crippen molar-refractivity contribution in [1.29, 1.82) is 0 Å². The molecule has 1 aliphatic carbocycles. The summed E-state index contributed by atoms with van der Waals surface area (Å²) in [7, 11) is -3.65. The highest BCUT2D eigenvalue weighted by atomic mass is 35.5. The lowest BCUT2D eigenvalue weighted by molar-refractivity contribution is -0.134. The first kappa shape index (κ1) is 17.0. The Hall–Kier alpha value is -0.860. The number of carbonyl (C=O) groups excluding carboxylic acids is 1. The van der Waals surface area contributed by atoms with Crippen LogP contribution in [0.5, 0.6) is 0 Å². The van der Waals surface area contributed by atoms with Gasteiger partial charge in [0.15, 0.2) is 0 Å². The second kappa shape index (κ2) is 5.89. The van der Waals surface area contributed by atoms with Gasteiger partial charge in [-0.2, -0.15) is 4.31 Å². The van der Waals surface area contributed by atoms with Gasteiger partial charge in [0.05, 0.1) is 20.5 Å². The lowest BCUT2D eigenvalue weighted by Gasteiger charge is -2.35. The fraction of sp³-hybridized carbons (Fsp3) is 0.500. The Morgan fingerprint density at radius 1 is 1.09 bits per heavy atom. The molecule has 1 aromatic carbocycles. The van der Waals surface area contributed by atoms with Crippen LogP contribution in [0.2, 0.25) is 10.0 Å². The van der Waals surface area contributed by atoms with Gasteiger partial charge < -0.3 is 10.6 Å². The maximum atomic E-state index is 12.6. The average Bonchev–Trinajstić information content (AvgIpc) is 3.28.